The molecule has 0 aromatic heterocycles. The molecule has 1 aromatic rings. The van der Waals surface area contributed by atoms with Gasteiger partial charge in [0.15, 0.2) is 0 Å². The third-order valence-corrected chi connectivity index (χ3v) is 2.33. The van der Waals surface area contributed by atoms with Gasteiger partial charge in [-0.25, -0.2) is 0 Å². The van der Waals surface area contributed by atoms with Crippen LogP contribution in [0.2, 0.25) is 0 Å². The molecule has 0 aliphatic rings. The van der Waals surface area contributed by atoms with Crippen molar-refractivity contribution < 1.29 is 0 Å². The fourth-order valence-corrected chi connectivity index (χ4v) is 1.38. The monoisotopic (exact) mass is 177 g/mol. The molecule has 0 saturated carbocycles. The summed E-state index contributed by atoms with van der Waals surface area (Å²) in [5.74, 6) is 0. The van der Waals surface area contributed by atoms with Gasteiger partial charge >= 0.3 is 0 Å². The lowest BCUT2D eigenvalue weighted by Gasteiger charge is -1.98. The minimum atomic E-state index is 0.485. The Balaban J connectivity index is 2.71. The number of thioether (sulfide) groups is 1. The molecular formula is C10H11NS. The average molecular weight is 177 g/mol. The van der Waals surface area contributed by atoms with E-state index < -0.39 is 0 Å². The largest absolute Gasteiger partial charge is 0.294 e. The summed E-state index contributed by atoms with van der Waals surface area (Å²) in [6, 6.07) is 8.10. The molecule has 0 saturated heterocycles. The highest BCUT2D eigenvalue weighted by atomic mass is 32.2. The van der Waals surface area contributed by atoms with Crippen LogP contribution in [0.3, 0.4) is 0 Å². The van der Waals surface area contributed by atoms with Gasteiger partial charge in [-0.1, -0.05) is 36.0 Å². The lowest BCUT2D eigenvalue weighted by Crippen LogP contribution is -1.81. The van der Waals surface area contributed by atoms with Crippen LogP contribution < -0.4 is 0 Å². The van der Waals surface area contributed by atoms with E-state index in [9.17, 15) is 0 Å². The highest BCUT2D eigenvalue weighted by Gasteiger charge is 1.94. The summed E-state index contributed by atoms with van der Waals surface area (Å²) in [7, 11) is 0. The van der Waals surface area contributed by atoms with E-state index in [1.807, 2.05) is 31.2 Å². The molecule has 0 bridgehead atoms. The van der Waals surface area contributed by atoms with Gasteiger partial charge in [0.2, 0.25) is 0 Å². The van der Waals surface area contributed by atoms with Gasteiger partial charge < -0.3 is 0 Å². The molecule has 0 unspecified atom stereocenters. The van der Waals surface area contributed by atoms with Crippen LogP contribution in [0.4, 0.5) is 0 Å². The Morgan fingerprint density at radius 1 is 1.42 bits per heavy atom. The summed E-state index contributed by atoms with van der Waals surface area (Å²) >= 11 is 1.42. The van der Waals surface area contributed by atoms with Crippen molar-refractivity contribution in [1.82, 2.24) is 0 Å². The minimum Gasteiger partial charge on any atom is -0.294 e. The van der Waals surface area contributed by atoms with Gasteiger partial charge in [-0.05, 0) is 25.1 Å². The van der Waals surface area contributed by atoms with Crippen LogP contribution in [0.1, 0.15) is 5.56 Å². The standard InChI is InChI=1S/C10H11NS/c1-3-10(11)12-9-6-4-8(2)5-7-9/h3-7,11H,1H2,2H3. The Hall–Kier alpha value is -1.02. The Bertz CT molecular complexity index is 287. The summed E-state index contributed by atoms with van der Waals surface area (Å²) in [6.07, 6.45) is 1.55. The maximum absolute atomic E-state index is 7.37. The first-order valence-electron chi connectivity index (χ1n) is 3.68. The SMILES string of the molecule is C=CC(=N)Sc1ccc(C)cc1. The first-order chi connectivity index (χ1) is 5.72. The first-order valence-corrected chi connectivity index (χ1v) is 4.49. The van der Waals surface area contributed by atoms with Crippen molar-refractivity contribution >= 4 is 16.8 Å². The van der Waals surface area contributed by atoms with E-state index in [4.69, 9.17) is 5.41 Å². The van der Waals surface area contributed by atoms with Gasteiger partial charge in [-0.2, -0.15) is 0 Å². The maximum atomic E-state index is 7.37. The Labute approximate surface area is 77.0 Å². The fraction of sp³-hybridized carbons (Fsp3) is 0.100. The second-order valence-corrected chi connectivity index (χ2v) is 3.60. The van der Waals surface area contributed by atoms with Crippen molar-refractivity contribution in [3.63, 3.8) is 0 Å². The molecule has 1 rings (SSSR count). The maximum Gasteiger partial charge on any atom is 0.0911 e. The van der Waals surface area contributed by atoms with Crippen molar-refractivity contribution in [2.75, 3.05) is 0 Å². The van der Waals surface area contributed by atoms with Gasteiger partial charge in [-0.15, -0.1) is 0 Å². The molecule has 2 heteroatoms. The molecule has 0 amide bonds. The van der Waals surface area contributed by atoms with Crippen molar-refractivity contribution in [2.24, 2.45) is 0 Å². The van der Waals surface area contributed by atoms with Crippen LogP contribution in [0.5, 0.6) is 0 Å². The third-order valence-electron chi connectivity index (χ3n) is 1.43. The van der Waals surface area contributed by atoms with Crippen LogP contribution in [-0.2, 0) is 0 Å². The van der Waals surface area contributed by atoms with E-state index in [2.05, 4.69) is 6.58 Å². The number of nitrogens with one attached hydrogen (secondary N) is 1. The second kappa shape index (κ2) is 4.12. The molecule has 0 aliphatic carbocycles. The zero-order valence-electron chi connectivity index (χ0n) is 7.00. The summed E-state index contributed by atoms with van der Waals surface area (Å²) < 4.78 is 0. The molecule has 0 heterocycles. The van der Waals surface area contributed by atoms with Gasteiger partial charge in [0.1, 0.15) is 0 Å². The van der Waals surface area contributed by atoms with Gasteiger partial charge in [0.05, 0.1) is 5.04 Å². The number of hydrogen-bond acceptors (Lipinski definition) is 2. The lowest BCUT2D eigenvalue weighted by molar-refractivity contribution is 1.38. The molecular weight excluding hydrogens is 166 g/mol. The number of aryl methyl sites for hydroxylation is 1. The molecule has 0 spiro atoms. The highest BCUT2D eigenvalue weighted by molar-refractivity contribution is 8.14. The predicted octanol–water partition coefficient (Wildman–Crippen LogP) is 3.25. The fourth-order valence-electron chi connectivity index (χ4n) is 0.775. The van der Waals surface area contributed by atoms with Crippen LogP contribution in [-0.4, -0.2) is 5.04 Å². The van der Waals surface area contributed by atoms with Crippen molar-refractivity contribution in [3.8, 4) is 0 Å². The van der Waals surface area contributed by atoms with Crippen molar-refractivity contribution in [2.45, 2.75) is 11.8 Å². The van der Waals surface area contributed by atoms with E-state index in [1.54, 1.807) is 6.08 Å². The molecule has 1 N–H and O–H groups in total. The van der Waals surface area contributed by atoms with E-state index in [0.717, 1.165) is 4.90 Å². The number of benzene rings is 1. The van der Waals surface area contributed by atoms with Crippen LogP contribution in [0.15, 0.2) is 41.8 Å². The van der Waals surface area contributed by atoms with Crippen LogP contribution >= 0.6 is 11.8 Å². The van der Waals surface area contributed by atoms with Crippen molar-refractivity contribution in [3.05, 3.63) is 42.5 Å². The Morgan fingerprint density at radius 2 is 2.00 bits per heavy atom. The van der Waals surface area contributed by atoms with E-state index in [1.165, 1.54) is 17.3 Å². The second-order valence-electron chi connectivity index (χ2n) is 2.48. The lowest BCUT2D eigenvalue weighted by atomic mass is 10.2. The minimum absolute atomic E-state index is 0.485. The number of rotatable bonds is 2. The van der Waals surface area contributed by atoms with E-state index in [0.29, 0.717) is 5.04 Å². The van der Waals surface area contributed by atoms with E-state index >= 15 is 0 Å². The average Bonchev–Trinajstić information content (AvgIpc) is 2.09. The van der Waals surface area contributed by atoms with Gasteiger partial charge in [0, 0.05) is 4.90 Å². The molecule has 0 fully saturated rings. The Morgan fingerprint density at radius 3 is 2.50 bits per heavy atom. The summed E-state index contributed by atoms with van der Waals surface area (Å²) in [4.78, 5) is 1.09. The summed E-state index contributed by atoms with van der Waals surface area (Å²) in [5, 5.41) is 7.86. The van der Waals surface area contributed by atoms with Gasteiger partial charge in [0.25, 0.3) is 0 Å². The molecule has 0 atom stereocenters. The normalized spacial score (nSPS) is 9.42. The van der Waals surface area contributed by atoms with E-state index in [-0.39, 0.29) is 0 Å². The zero-order valence-corrected chi connectivity index (χ0v) is 7.82. The molecule has 0 radical (unpaired) electrons. The quantitative estimate of drug-likeness (QED) is 0.418. The number of hydrogen-bond donors (Lipinski definition) is 1. The highest BCUT2D eigenvalue weighted by Crippen LogP contribution is 2.19. The smallest absolute Gasteiger partial charge is 0.0911 e. The molecule has 62 valence electrons. The van der Waals surface area contributed by atoms with Gasteiger partial charge in [-0.3, -0.25) is 5.41 Å². The molecule has 1 aromatic carbocycles. The molecule has 12 heavy (non-hydrogen) atoms. The third kappa shape index (κ3) is 2.55. The predicted molar refractivity (Wildman–Crippen MR) is 55.0 cm³/mol. The van der Waals surface area contributed by atoms with Crippen LogP contribution in [0.25, 0.3) is 0 Å². The summed E-state index contributed by atoms with van der Waals surface area (Å²) in [5.41, 5.74) is 1.24. The summed E-state index contributed by atoms with van der Waals surface area (Å²) in [6.45, 7) is 5.58. The van der Waals surface area contributed by atoms with Crippen molar-refractivity contribution in [1.29, 1.82) is 5.41 Å². The van der Waals surface area contributed by atoms with Crippen LogP contribution in [0, 0.1) is 12.3 Å². The molecule has 0 aliphatic heterocycles. The first kappa shape index (κ1) is 9.07. The Kier molecular flexibility index (Phi) is 3.11. The zero-order chi connectivity index (χ0) is 8.97. The topological polar surface area (TPSA) is 23.9 Å². The molecule has 1 nitrogen and oxygen atoms in total.